The van der Waals surface area contributed by atoms with Gasteiger partial charge in [0.2, 0.25) is 5.91 Å². The van der Waals surface area contributed by atoms with Crippen molar-refractivity contribution in [1.82, 2.24) is 15.3 Å². The third-order valence-corrected chi connectivity index (χ3v) is 3.59. The van der Waals surface area contributed by atoms with Crippen molar-refractivity contribution in [3.63, 3.8) is 0 Å². The Morgan fingerprint density at radius 1 is 1.30 bits per heavy atom. The maximum Gasteiger partial charge on any atom is 0.217 e. The zero-order valence-electron chi connectivity index (χ0n) is 11.5. The van der Waals surface area contributed by atoms with Gasteiger partial charge in [-0.2, -0.15) is 0 Å². The standard InChI is InChI=1S/C16H17N3O/c1-11(20)18-14-8-5-9-15-13(14)10-17-16(19-15)12-6-3-2-4-7-12/h2-4,6-7,10,14H,5,8-9H2,1H3,(H,18,20). The molecule has 1 aliphatic carbocycles. The van der Waals surface area contributed by atoms with Crippen molar-refractivity contribution in [3.05, 3.63) is 47.8 Å². The van der Waals surface area contributed by atoms with Crippen LogP contribution in [0.2, 0.25) is 0 Å². The number of fused-ring (bicyclic) bond motifs is 1. The molecule has 3 rings (SSSR count). The maximum atomic E-state index is 11.3. The molecule has 1 N–H and O–H groups in total. The molecule has 102 valence electrons. The molecule has 1 unspecified atom stereocenters. The van der Waals surface area contributed by atoms with Crippen molar-refractivity contribution in [3.8, 4) is 11.4 Å². The van der Waals surface area contributed by atoms with E-state index in [4.69, 9.17) is 0 Å². The number of amides is 1. The molecule has 4 heteroatoms. The van der Waals surface area contributed by atoms with Crippen molar-refractivity contribution in [2.75, 3.05) is 0 Å². The molecule has 1 aromatic heterocycles. The van der Waals surface area contributed by atoms with E-state index in [0.717, 1.165) is 41.9 Å². The Balaban J connectivity index is 1.95. The monoisotopic (exact) mass is 267 g/mol. The third kappa shape index (κ3) is 2.54. The molecule has 1 amide bonds. The van der Waals surface area contributed by atoms with Gasteiger partial charge in [-0.25, -0.2) is 9.97 Å². The van der Waals surface area contributed by atoms with Crippen LogP contribution in [0.4, 0.5) is 0 Å². The smallest absolute Gasteiger partial charge is 0.217 e. The zero-order chi connectivity index (χ0) is 13.9. The normalized spacial score (nSPS) is 17.4. The first-order chi connectivity index (χ1) is 9.74. The molecule has 0 radical (unpaired) electrons. The molecule has 0 spiro atoms. The van der Waals surface area contributed by atoms with Crippen LogP contribution in [0.1, 0.15) is 37.1 Å². The Bertz CT molecular complexity index is 625. The van der Waals surface area contributed by atoms with Crippen LogP contribution in [0.25, 0.3) is 11.4 Å². The predicted octanol–water partition coefficient (Wildman–Crippen LogP) is 2.66. The van der Waals surface area contributed by atoms with Gasteiger partial charge in [-0.05, 0) is 19.3 Å². The van der Waals surface area contributed by atoms with Gasteiger partial charge in [0.25, 0.3) is 0 Å². The van der Waals surface area contributed by atoms with Crippen LogP contribution >= 0.6 is 0 Å². The largest absolute Gasteiger partial charge is 0.349 e. The van der Waals surface area contributed by atoms with E-state index >= 15 is 0 Å². The number of nitrogens with one attached hydrogen (secondary N) is 1. The number of aryl methyl sites for hydroxylation is 1. The van der Waals surface area contributed by atoms with Crippen LogP contribution in [0.3, 0.4) is 0 Å². The highest BCUT2D eigenvalue weighted by Crippen LogP contribution is 2.29. The van der Waals surface area contributed by atoms with Gasteiger partial charge in [-0.1, -0.05) is 30.3 Å². The fraction of sp³-hybridized carbons (Fsp3) is 0.312. The van der Waals surface area contributed by atoms with E-state index in [1.807, 2.05) is 36.5 Å². The number of nitrogens with zero attached hydrogens (tertiary/aromatic N) is 2. The van der Waals surface area contributed by atoms with Gasteiger partial charge in [0, 0.05) is 29.9 Å². The lowest BCUT2D eigenvalue weighted by molar-refractivity contribution is -0.119. The Morgan fingerprint density at radius 2 is 2.10 bits per heavy atom. The molecule has 20 heavy (non-hydrogen) atoms. The lowest BCUT2D eigenvalue weighted by atomic mass is 9.92. The van der Waals surface area contributed by atoms with Crippen molar-refractivity contribution < 1.29 is 4.79 Å². The summed E-state index contributed by atoms with van der Waals surface area (Å²) in [6, 6.07) is 10.0. The summed E-state index contributed by atoms with van der Waals surface area (Å²) in [6.45, 7) is 1.55. The van der Waals surface area contributed by atoms with E-state index < -0.39 is 0 Å². The second kappa shape index (κ2) is 5.41. The first kappa shape index (κ1) is 12.8. The summed E-state index contributed by atoms with van der Waals surface area (Å²) < 4.78 is 0. The Labute approximate surface area is 118 Å². The highest BCUT2D eigenvalue weighted by molar-refractivity contribution is 5.73. The summed E-state index contributed by atoms with van der Waals surface area (Å²) in [5.41, 5.74) is 3.15. The highest BCUT2D eigenvalue weighted by atomic mass is 16.1. The summed E-state index contributed by atoms with van der Waals surface area (Å²) in [7, 11) is 0. The highest BCUT2D eigenvalue weighted by Gasteiger charge is 2.22. The fourth-order valence-corrected chi connectivity index (χ4v) is 2.67. The van der Waals surface area contributed by atoms with Crippen LogP contribution in [0.15, 0.2) is 36.5 Å². The van der Waals surface area contributed by atoms with Crippen molar-refractivity contribution in [2.24, 2.45) is 0 Å². The number of carbonyl (C=O) groups is 1. The fourth-order valence-electron chi connectivity index (χ4n) is 2.67. The molecular formula is C16H17N3O. The van der Waals surface area contributed by atoms with Crippen LogP contribution in [0.5, 0.6) is 0 Å². The number of hydrogen-bond donors (Lipinski definition) is 1. The second-order valence-electron chi connectivity index (χ2n) is 5.11. The van der Waals surface area contributed by atoms with E-state index in [1.165, 1.54) is 0 Å². The van der Waals surface area contributed by atoms with E-state index in [1.54, 1.807) is 6.92 Å². The Hall–Kier alpha value is -2.23. The second-order valence-corrected chi connectivity index (χ2v) is 5.11. The zero-order valence-corrected chi connectivity index (χ0v) is 11.5. The summed E-state index contributed by atoms with van der Waals surface area (Å²) in [4.78, 5) is 20.4. The molecule has 0 saturated carbocycles. The average Bonchev–Trinajstić information content (AvgIpc) is 2.47. The van der Waals surface area contributed by atoms with Gasteiger partial charge in [0.15, 0.2) is 5.82 Å². The predicted molar refractivity (Wildman–Crippen MR) is 77.0 cm³/mol. The summed E-state index contributed by atoms with van der Waals surface area (Å²) in [5, 5.41) is 2.98. The minimum Gasteiger partial charge on any atom is -0.349 e. The molecule has 2 aromatic rings. The maximum absolute atomic E-state index is 11.3. The van der Waals surface area contributed by atoms with Crippen molar-refractivity contribution >= 4 is 5.91 Å². The third-order valence-electron chi connectivity index (χ3n) is 3.59. The van der Waals surface area contributed by atoms with E-state index in [0.29, 0.717) is 0 Å². The summed E-state index contributed by atoms with van der Waals surface area (Å²) >= 11 is 0. The topological polar surface area (TPSA) is 54.9 Å². The van der Waals surface area contributed by atoms with E-state index in [9.17, 15) is 4.79 Å². The molecule has 1 aliphatic rings. The molecule has 4 nitrogen and oxygen atoms in total. The lowest BCUT2D eigenvalue weighted by Gasteiger charge is -2.25. The van der Waals surface area contributed by atoms with Gasteiger partial charge in [-0.3, -0.25) is 4.79 Å². The Morgan fingerprint density at radius 3 is 2.85 bits per heavy atom. The number of aromatic nitrogens is 2. The minimum atomic E-state index is -0.00464. The molecule has 0 saturated heterocycles. The van der Waals surface area contributed by atoms with Crippen molar-refractivity contribution in [1.29, 1.82) is 0 Å². The van der Waals surface area contributed by atoms with Gasteiger partial charge >= 0.3 is 0 Å². The first-order valence-corrected chi connectivity index (χ1v) is 6.92. The van der Waals surface area contributed by atoms with E-state index in [2.05, 4.69) is 15.3 Å². The molecule has 0 aliphatic heterocycles. The van der Waals surface area contributed by atoms with E-state index in [-0.39, 0.29) is 11.9 Å². The Kier molecular flexibility index (Phi) is 3.46. The molecule has 0 fully saturated rings. The van der Waals surface area contributed by atoms with Crippen LogP contribution < -0.4 is 5.32 Å². The summed E-state index contributed by atoms with van der Waals surface area (Å²) in [6.07, 6.45) is 4.82. The first-order valence-electron chi connectivity index (χ1n) is 6.92. The number of hydrogen-bond acceptors (Lipinski definition) is 3. The number of benzene rings is 1. The van der Waals surface area contributed by atoms with Gasteiger partial charge in [-0.15, -0.1) is 0 Å². The number of carbonyl (C=O) groups excluding carboxylic acids is 1. The molecule has 0 bridgehead atoms. The average molecular weight is 267 g/mol. The molecular weight excluding hydrogens is 250 g/mol. The molecule has 1 atom stereocenters. The SMILES string of the molecule is CC(=O)NC1CCCc2nc(-c3ccccc3)ncc21. The van der Waals surface area contributed by atoms with Gasteiger partial charge in [0.05, 0.1) is 6.04 Å². The minimum absolute atomic E-state index is 0.00464. The van der Waals surface area contributed by atoms with Gasteiger partial charge < -0.3 is 5.32 Å². The van der Waals surface area contributed by atoms with Crippen LogP contribution in [0, 0.1) is 0 Å². The van der Waals surface area contributed by atoms with Gasteiger partial charge in [0.1, 0.15) is 0 Å². The number of rotatable bonds is 2. The quantitative estimate of drug-likeness (QED) is 0.910. The van der Waals surface area contributed by atoms with Crippen LogP contribution in [-0.4, -0.2) is 15.9 Å². The van der Waals surface area contributed by atoms with Crippen LogP contribution in [-0.2, 0) is 11.2 Å². The van der Waals surface area contributed by atoms with Crippen molar-refractivity contribution in [2.45, 2.75) is 32.2 Å². The lowest BCUT2D eigenvalue weighted by Crippen LogP contribution is -2.29. The molecule has 1 heterocycles. The summed E-state index contributed by atoms with van der Waals surface area (Å²) in [5.74, 6) is 0.753. The molecule has 1 aromatic carbocycles.